The number of nitrogens with zero attached hydrogens (tertiary/aromatic N) is 1. The highest BCUT2D eigenvalue weighted by Crippen LogP contribution is 2.28. The Labute approximate surface area is 112 Å². The normalized spacial score (nSPS) is 15.0. The summed E-state index contributed by atoms with van der Waals surface area (Å²) < 4.78 is 0. The molecule has 1 aromatic carbocycles. The summed E-state index contributed by atoms with van der Waals surface area (Å²) in [6.45, 7) is 5.19. The maximum atomic E-state index is 4.77. The van der Waals surface area contributed by atoms with E-state index in [-0.39, 0.29) is 0 Å². The van der Waals surface area contributed by atoms with Crippen LogP contribution in [0, 0.1) is 13.8 Å². The van der Waals surface area contributed by atoms with Crippen molar-refractivity contribution in [1.29, 1.82) is 0 Å². The zero-order chi connectivity index (χ0) is 12.5. The molecule has 2 nitrogen and oxygen atoms in total. The Morgan fingerprint density at radius 1 is 1.22 bits per heavy atom. The van der Waals surface area contributed by atoms with Crippen LogP contribution >= 0.6 is 11.3 Å². The lowest BCUT2D eigenvalue weighted by atomic mass is 10.1. The van der Waals surface area contributed by atoms with Crippen molar-refractivity contribution in [2.24, 2.45) is 0 Å². The van der Waals surface area contributed by atoms with Crippen molar-refractivity contribution in [3.63, 3.8) is 0 Å². The zero-order valence-corrected chi connectivity index (χ0v) is 11.7. The summed E-state index contributed by atoms with van der Waals surface area (Å²) in [5, 5.41) is 4.73. The first-order chi connectivity index (χ1) is 8.72. The molecule has 1 heterocycles. The van der Waals surface area contributed by atoms with Crippen LogP contribution in [0.1, 0.15) is 28.3 Å². The van der Waals surface area contributed by atoms with Crippen molar-refractivity contribution >= 4 is 11.3 Å². The number of thiazole rings is 1. The van der Waals surface area contributed by atoms with Gasteiger partial charge < -0.3 is 5.32 Å². The fourth-order valence-electron chi connectivity index (χ4n) is 2.03. The van der Waals surface area contributed by atoms with Gasteiger partial charge in [-0.25, -0.2) is 4.98 Å². The van der Waals surface area contributed by atoms with Gasteiger partial charge in [-0.1, -0.05) is 29.8 Å². The maximum absolute atomic E-state index is 4.77. The summed E-state index contributed by atoms with van der Waals surface area (Å²) >= 11 is 1.81. The molecule has 0 spiro atoms. The summed E-state index contributed by atoms with van der Waals surface area (Å²) in [5.41, 5.74) is 3.67. The van der Waals surface area contributed by atoms with Gasteiger partial charge in [0.05, 0.1) is 5.69 Å². The molecule has 18 heavy (non-hydrogen) atoms. The van der Waals surface area contributed by atoms with Gasteiger partial charge in [0, 0.05) is 23.0 Å². The predicted molar refractivity (Wildman–Crippen MR) is 76.9 cm³/mol. The first-order valence-corrected chi connectivity index (χ1v) is 7.31. The fraction of sp³-hybridized carbons (Fsp3) is 0.400. The molecule has 0 radical (unpaired) electrons. The predicted octanol–water partition coefficient (Wildman–Crippen LogP) is 3.68. The second-order valence-corrected chi connectivity index (χ2v) is 6.32. The Kier molecular flexibility index (Phi) is 3.18. The monoisotopic (exact) mass is 258 g/mol. The van der Waals surface area contributed by atoms with Crippen molar-refractivity contribution in [2.75, 3.05) is 0 Å². The van der Waals surface area contributed by atoms with Crippen molar-refractivity contribution in [1.82, 2.24) is 10.3 Å². The quantitative estimate of drug-likeness (QED) is 0.905. The third kappa shape index (κ3) is 2.62. The summed E-state index contributed by atoms with van der Waals surface area (Å²) in [6.07, 6.45) is 2.66. The maximum Gasteiger partial charge on any atom is 0.107 e. The lowest BCUT2D eigenvalue weighted by Gasteiger charge is -1.99. The number of hydrogen-bond donors (Lipinski definition) is 1. The molecule has 1 saturated carbocycles. The highest BCUT2D eigenvalue weighted by Gasteiger charge is 2.21. The van der Waals surface area contributed by atoms with E-state index in [0.29, 0.717) is 0 Å². The summed E-state index contributed by atoms with van der Waals surface area (Å²) in [5.74, 6) is 0. The number of aryl methyl sites for hydroxylation is 2. The van der Waals surface area contributed by atoms with Gasteiger partial charge in [0.15, 0.2) is 0 Å². The highest BCUT2D eigenvalue weighted by atomic mass is 32.1. The Morgan fingerprint density at radius 2 is 1.94 bits per heavy atom. The van der Waals surface area contributed by atoms with E-state index in [2.05, 4.69) is 43.4 Å². The summed E-state index contributed by atoms with van der Waals surface area (Å²) in [7, 11) is 0. The average molecular weight is 258 g/mol. The topological polar surface area (TPSA) is 24.9 Å². The van der Waals surface area contributed by atoms with Gasteiger partial charge in [-0.3, -0.25) is 0 Å². The number of aromatic nitrogens is 1. The van der Waals surface area contributed by atoms with Gasteiger partial charge in [0.25, 0.3) is 0 Å². The van der Waals surface area contributed by atoms with E-state index in [1.165, 1.54) is 33.9 Å². The van der Waals surface area contributed by atoms with Crippen LogP contribution in [0.3, 0.4) is 0 Å². The Bertz CT molecular complexity index is 538. The second kappa shape index (κ2) is 4.82. The van der Waals surface area contributed by atoms with Crippen LogP contribution in [-0.4, -0.2) is 11.0 Å². The summed E-state index contributed by atoms with van der Waals surface area (Å²) in [6, 6.07) is 9.37. The van der Waals surface area contributed by atoms with E-state index in [1.54, 1.807) is 0 Å². The third-order valence-corrected chi connectivity index (χ3v) is 4.26. The van der Waals surface area contributed by atoms with Crippen LogP contribution in [0.25, 0.3) is 11.3 Å². The average Bonchev–Trinajstić information content (AvgIpc) is 3.12. The molecule has 0 amide bonds. The Balaban J connectivity index is 1.80. The SMILES string of the molecule is Cc1ccc(-c2nc(CNC3CC3)sc2C)cc1. The van der Waals surface area contributed by atoms with Crippen LogP contribution < -0.4 is 5.32 Å². The van der Waals surface area contributed by atoms with E-state index in [9.17, 15) is 0 Å². The molecule has 0 saturated heterocycles. The van der Waals surface area contributed by atoms with Gasteiger partial charge in [-0.05, 0) is 26.7 Å². The van der Waals surface area contributed by atoms with Crippen molar-refractivity contribution in [2.45, 2.75) is 39.3 Å². The molecule has 0 bridgehead atoms. The van der Waals surface area contributed by atoms with Gasteiger partial charge >= 0.3 is 0 Å². The van der Waals surface area contributed by atoms with E-state index in [1.807, 2.05) is 11.3 Å². The molecule has 2 aromatic rings. The van der Waals surface area contributed by atoms with E-state index < -0.39 is 0 Å². The first-order valence-electron chi connectivity index (χ1n) is 6.49. The molecule has 1 aliphatic rings. The van der Waals surface area contributed by atoms with Gasteiger partial charge in [-0.15, -0.1) is 11.3 Å². The van der Waals surface area contributed by atoms with Crippen LogP contribution in [0.5, 0.6) is 0 Å². The smallest absolute Gasteiger partial charge is 0.107 e. The molecule has 3 rings (SSSR count). The minimum Gasteiger partial charge on any atom is -0.308 e. The molecule has 94 valence electrons. The zero-order valence-electron chi connectivity index (χ0n) is 10.9. The van der Waals surface area contributed by atoms with E-state index in [0.717, 1.165) is 18.3 Å². The van der Waals surface area contributed by atoms with Crippen molar-refractivity contribution in [3.05, 3.63) is 39.7 Å². The number of nitrogens with one attached hydrogen (secondary N) is 1. The molecule has 0 aliphatic heterocycles. The lowest BCUT2D eigenvalue weighted by molar-refractivity contribution is 0.685. The largest absolute Gasteiger partial charge is 0.308 e. The molecule has 0 unspecified atom stereocenters. The minimum atomic E-state index is 0.747. The van der Waals surface area contributed by atoms with Gasteiger partial charge in [-0.2, -0.15) is 0 Å². The molecular weight excluding hydrogens is 240 g/mol. The number of hydrogen-bond acceptors (Lipinski definition) is 3. The molecule has 1 aromatic heterocycles. The van der Waals surface area contributed by atoms with Crippen LogP contribution in [0.2, 0.25) is 0 Å². The third-order valence-electron chi connectivity index (χ3n) is 3.29. The van der Waals surface area contributed by atoms with Crippen LogP contribution in [0.4, 0.5) is 0 Å². The van der Waals surface area contributed by atoms with Crippen LogP contribution in [-0.2, 0) is 6.54 Å². The lowest BCUT2D eigenvalue weighted by Crippen LogP contribution is -2.14. The molecule has 1 aliphatic carbocycles. The van der Waals surface area contributed by atoms with Crippen LogP contribution in [0.15, 0.2) is 24.3 Å². The number of rotatable bonds is 4. The molecule has 0 atom stereocenters. The Morgan fingerprint density at radius 3 is 2.61 bits per heavy atom. The highest BCUT2D eigenvalue weighted by molar-refractivity contribution is 7.12. The first kappa shape index (κ1) is 11.9. The molecular formula is C15H18N2S. The van der Waals surface area contributed by atoms with Gasteiger partial charge in [0.2, 0.25) is 0 Å². The second-order valence-electron chi connectivity index (χ2n) is 5.03. The van der Waals surface area contributed by atoms with Crippen molar-refractivity contribution < 1.29 is 0 Å². The standard InChI is InChI=1S/C15H18N2S/c1-10-3-5-12(6-4-10)15-11(2)18-14(17-15)9-16-13-7-8-13/h3-6,13,16H,7-9H2,1-2H3. The summed E-state index contributed by atoms with van der Waals surface area (Å²) in [4.78, 5) is 6.08. The fourth-order valence-corrected chi connectivity index (χ4v) is 2.93. The van der Waals surface area contributed by atoms with E-state index >= 15 is 0 Å². The number of benzene rings is 1. The minimum absolute atomic E-state index is 0.747. The molecule has 3 heteroatoms. The molecule has 1 fully saturated rings. The Hall–Kier alpha value is -1.19. The van der Waals surface area contributed by atoms with Crippen molar-refractivity contribution in [3.8, 4) is 11.3 Å². The van der Waals surface area contributed by atoms with E-state index in [4.69, 9.17) is 4.98 Å². The van der Waals surface area contributed by atoms with Gasteiger partial charge in [0.1, 0.15) is 5.01 Å². The molecule has 1 N–H and O–H groups in total.